The number of nitrogens with one attached hydrogen (secondary N) is 2. The highest BCUT2D eigenvalue weighted by atomic mass is 35.5. The van der Waals surface area contributed by atoms with Gasteiger partial charge in [0.1, 0.15) is 0 Å². The van der Waals surface area contributed by atoms with E-state index in [2.05, 4.69) is 10.0 Å². The number of halogens is 1. The molecule has 1 atom stereocenters. The largest absolute Gasteiger partial charge is 0.349 e. The van der Waals surface area contributed by atoms with Gasteiger partial charge in [-0.05, 0) is 36.5 Å². The van der Waals surface area contributed by atoms with Crippen LogP contribution >= 0.6 is 11.6 Å². The van der Waals surface area contributed by atoms with E-state index in [1.54, 1.807) is 0 Å². The molecule has 0 spiro atoms. The van der Waals surface area contributed by atoms with Gasteiger partial charge in [0.2, 0.25) is 15.9 Å². The molecule has 7 heteroatoms. The minimum absolute atomic E-state index is 0.0308. The fourth-order valence-electron chi connectivity index (χ4n) is 2.51. The fourth-order valence-corrected chi connectivity index (χ4v) is 3.11. The molecule has 5 nitrogen and oxygen atoms in total. The van der Waals surface area contributed by atoms with Gasteiger partial charge in [0.15, 0.2) is 0 Å². The minimum Gasteiger partial charge on any atom is -0.349 e. The van der Waals surface area contributed by atoms with E-state index in [0.29, 0.717) is 10.9 Å². The van der Waals surface area contributed by atoms with Gasteiger partial charge < -0.3 is 5.32 Å². The van der Waals surface area contributed by atoms with Crippen molar-refractivity contribution >= 4 is 27.5 Å². The Kier molecular flexibility index (Phi) is 5.83. The van der Waals surface area contributed by atoms with Crippen LogP contribution in [0.25, 0.3) is 0 Å². The van der Waals surface area contributed by atoms with Gasteiger partial charge >= 0.3 is 0 Å². The van der Waals surface area contributed by atoms with E-state index in [-0.39, 0.29) is 24.9 Å². The van der Waals surface area contributed by atoms with Gasteiger partial charge in [-0.15, -0.1) is 0 Å². The van der Waals surface area contributed by atoms with Crippen LogP contribution in [-0.2, 0) is 14.8 Å². The summed E-state index contributed by atoms with van der Waals surface area (Å²) in [4.78, 5) is 12.1. The molecule has 1 amide bonds. The Labute approximate surface area is 136 Å². The predicted molar refractivity (Wildman–Crippen MR) is 87.1 cm³/mol. The lowest BCUT2D eigenvalue weighted by Crippen LogP contribution is -2.37. The molecule has 1 aromatic rings. The van der Waals surface area contributed by atoms with Crippen molar-refractivity contribution in [1.82, 2.24) is 10.0 Å². The summed E-state index contributed by atoms with van der Waals surface area (Å²) in [5.74, 6) is 0.288. The molecule has 0 radical (unpaired) electrons. The summed E-state index contributed by atoms with van der Waals surface area (Å²) in [7, 11) is -3.26. The van der Waals surface area contributed by atoms with E-state index in [4.69, 9.17) is 11.6 Å². The van der Waals surface area contributed by atoms with E-state index >= 15 is 0 Å². The monoisotopic (exact) mass is 344 g/mol. The number of hydrogen-bond acceptors (Lipinski definition) is 3. The van der Waals surface area contributed by atoms with Crippen molar-refractivity contribution < 1.29 is 13.2 Å². The zero-order chi connectivity index (χ0) is 16.2. The third kappa shape index (κ3) is 5.26. The summed E-state index contributed by atoms with van der Waals surface area (Å²) in [6.07, 6.45) is 4.57. The van der Waals surface area contributed by atoms with Crippen LogP contribution in [0.15, 0.2) is 24.3 Å². The molecule has 0 heterocycles. The van der Waals surface area contributed by atoms with Crippen molar-refractivity contribution in [3.05, 3.63) is 34.9 Å². The first kappa shape index (κ1) is 17.2. The highest BCUT2D eigenvalue weighted by Crippen LogP contribution is 2.38. The molecule has 2 N–H and O–H groups in total. The van der Waals surface area contributed by atoms with Crippen LogP contribution in [0, 0.1) is 5.92 Å². The Morgan fingerprint density at radius 1 is 1.32 bits per heavy atom. The quantitative estimate of drug-likeness (QED) is 0.796. The lowest BCUT2D eigenvalue weighted by atomic mass is 9.77. The number of benzene rings is 1. The van der Waals surface area contributed by atoms with E-state index in [0.717, 1.165) is 24.7 Å². The van der Waals surface area contributed by atoms with Crippen LogP contribution in [0.5, 0.6) is 0 Å². The molecule has 22 heavy (non-hydrogen) atoms. The maximum absolute atomic E-state index is 12.1. The maximum atomic E-state index is 12.1. The van der Waals surface area contributed by atoms with Gasteiger partial charge in [-0.2, -0.15) is 0 Å². The molecule has 1 aromatic carbocycles. The molecule has 0 bridgehead atoms. The van der Waals surface area contributed by atoms with E-state index in [1.165, 1.54) is 6.42 Å². The van der Waals surface area contributed by atoms with Crippen LogP contribution < -0.4 is 10.0 Å². The highest BCUT2D eigenvalue weighted by molar-refractivity contribution is 7.88. The first-order chi connectivity index (χ1) is 10.3. The first-order valence-electron chi connectivity index (χ1n) is 7.34. The Morgan fingerprint density at radius 3 is 2.45 bits per heavy atom. The first-order valence-corrected chi connectivity index (χ1v) is 9.61. The zero-order valence-corrected chi connectivity index (χ0v) is 14.1. The van der Waals surface area contributed by atoms with E-state index < -0.39 is 10.0 Å². The van der Waals surface area contributed by atoms with Crippen molar-refractivity contribution in [3.8, 4) is 0 Å². The Hall–Kier alpha value is -1.11. The number of sulfonamides is 1. The second-order valence-electron chi connectivity index (χ2n) is 5.70. The Bertz CT molecular complexity index is 612. The number of carbonyl (C=O) groups is 1. The van der Waals surface area contributed by atoms with Crippen molar-refractivity contribution in [2.24, 2.45) is 5.92 Å². The van der Waals surface area contributed by atoms with Crippen LogP contribution in [0.1, 0.15) is 37.3 Å². The number of rotatable bonds is 7. The average Bonchev–Trinajstić information content (AvgIpc) is 2.35. The molecule has 0 aliphatic heterocycles. The number of amides is 1. The second kappa shape index (κ2) is 7.44. The molecular weight excluding hydrogens is 324 g/mol. The summed E-state index contributed by atoms with van der Waals surface area (Å²) in [6.45, 7) is 0.114. The van der Waals surface area contributed by atoms with Crippen molar-refractivity contribution in [2.75, 3.05) is 12.8 Å². The van der Waals surface area contributed by atoms with Crippen LogP contribution in [0.3, 0.4) is 0 Å². The average molecular weight is 345 g/mol. The predicted octanol–water partition coefficient (Wildman–Crippen LogP) is 2.24. The molecule has 1 aliphatic rings. The van der Waals surface area contributed by atoms with Gasteiger partial charge in [-0.1, -0.05) is 30.2 Å². The highest BCUT2D eigenvalue weighted by Gasteiger charge is 2.29. The van der Waals surface area contributed by atoms with Crippen LogP contribution in [0.4, 0.5) is 0 Å². The van der Waals surface area contributed by atoms with Crippen molar-refractivity contribution in [3.63, 3.8) is 0 Å². The summed E-state index contributed by atoms with van der Waals surface area (Å²) < 4.78 is 24.3. The smallest absolute Gasteiger partial charge is 0.221 e. The van der Waals surface area contributed by atoms with Crippen LogP contribution in [-0.4, -0.2) is 27.1 Å². The van der Waals surface area contributed by atoms with E-state index in [9.17, 15) is 13.2 Å². The third-order valence-corrected chi connectivity index (χ3v) is 4.86. The molecule has 1 fully saturated rings. The molecular formula is C15H21ClN2O3S. The lowest BCUT2D eigenvalue weighted by Gasteiger charge is -2.34. The van der Waals surface area contributed by atoms with E-state index in [1.807, 2.05) is 24.3 Å². The van der Waals surface area contributed by atoms with Gasteiger partial charge in [-0.25, -0.2) is 13.1 Å². The zero-order valence-electron chi connectivity index (χ0n) is 12.5. The molecule has 0 saturated heterocycles. The minimum atomic E-state index is -3.26. The molecule has 0 unspecified atom stereocenters. The third-order valence-electron chi connectivity index (χ3n) is 3.88. The molecule has 122 valence electrons. The van der Waals surface area contributed by atoms with Gasteiger partial charge in [0.05, 0.1) is 12.3 Å². The van der Waals surface area contributed by atoms with Gasteiger partial charge in [-0.3, -0.25) is 4.79 Å². The lowest BCUT2D eigenvalue weighted by molar-refractivity contribution is -0.122. The summed E-state index contributed by atoms with van der Waals surface area (Å²) in [5.41, 5.74) is 1.04. The summed E-state index contributed by atoms with van der Waals surface area (Å²) in [5, 5.41) is 3.69. The number of hydrogen-bond donors (Lipinski definition) is 2. The summed E-state index contributed by atoms with van der Waals surface area (Å²) in [6, 6.07) is 7.47. The molecule has 1 saturated carbocycles. The Balaban J connectivity index is 1.95. The second-order valence-corrected chi connectivity index (χ2v) is 7.97. The van der Waals surface area contributed by atoms with Gasteiger partial charge in [0, 0.05) is 18.0 Å². The van der Waals surface area contributed by atoms with Crippen molar-refractivity contribution in [1.29, 1.82) is 0 Å². The fraction of sp³-hybridized carbons (Fsp3) is 0.533. The Morgan fingerprint density at radius 2 is 1.95 bits per heavy atom. The number of carbonyl (C=O) groups excluding carboxylic acids is 1. The normalized spacial score (nSPS) is 16.8. The van der Waals surface area contributed by atoms with Crippen LogP contribution in [0.2, 0.25) is 5.02 Å². The molecule has 2 rings (SSSR count). The summed E-state index contributed by atoms with van der Waals surface area (Å²) >= 11 is 5.91. The topological polar surface area (TPSA) is 75.3 Å². The molecule has 1 aliphatic carbocycles. The molecule has 0 aromatic heterocycles. The maximum Gasteiger partial charge on any atom is 0.221 e. The SMILES string of the molecule is CS(=O)(=O)NCCC(=O)N[C@@H](c1ccc(Cl)cc1)C1CCC1. The standard InChI is InChI=1S/C15H21ClN2O3S/c1-22(20,21)17-10-9-14(19)18-15(11-3-2-4-11)12-5-7-13(16)8-6-12/h5-8,11,15,17H,2-4,9-10H2,1H3,(H,18,19)/t15-/m1/s1. The van der Waals surface area contributed by atoms with Crippen molar-refractivity contribution in [2.45, 2.75) is 31.7 Å². The van der Waals surface area contributed by atoms with Gasteiger partial charge in [0.25, 0.3) is 0 Å².